The van der Waals surface area contributed by atoms with Gasteiger partial charge in [0.05, 0.1) is 6.04 Å². The van der Waals surface area contributed by atoms with Gasteiger partial charge in [-0.05, 0) is 64.7 Å². The molecule has 3 N–H and O–H groups in total. The summed E-state index contributed by atoms with van der Waals surface area (Å²) in [5.41, 5.74) is 7.37. The molecule has 0 radical (unpaired) electrons. The molecule has 0 spiro atoms. The summed E-state index contributed by atoms with van der Waals surface area (Å²) in [7, 11) is 0. The van der Waals surface area contributed by atoms with E-state index in [1.165, 1.54) is 37.7 Å². The van der Waals surface area contributed by atoms with Crippen molar-refractivity contribution in [3.63, 3.8) is 0 Å². The van der Waals surface area contributed by atoms with Gasteiger partial charge >= 0.3 is 0 Å². The van der Waals surface area contributed by atoms with Gasteiger partial charge in [0.25, 0.3) is 0 Å². The molecule has 0 aromatic heterocycles. The third-order valence-corrected chi connectivity index (χ3v) is 7.50. The molecule has 6 heteroatoms. The van der Waals surface area contributed by atoms with Crippen LogP contribution in [-0.4, -0.2) is 40.7 Å². The highest BCUT2D eigenvalue weighted by molar-refractivity contribution is 5.89. The van der Waals surface area contributed by atoms with Gasteiger partial charge < -0.3 is 16.0 Å². The second-order valence-electron chi connectivity index (χ2n) is 10.9. The fourth-order valence-corrected chi connectivity index (χ4v) is 5.23. The Morgan fingerprint density at radius 2 is 1.61 bits per heavy atom. The van der Waals surface area contributed by atoms with E-state index >= 15 is 0 Å². The van der Waals surface area contributed by atoms with Gasteiger partial charge in [0.1, 0.15) is 6.04 Å². The zero-order chi connectivity index (χ0) is 27.1. The first-order chi connectivity index (χ1) is 17.1. The fraction of sp³-hybridized carbons (Fsp3) is 0.767. The molecule has 0 aromatic carbocycles. The van der Waals surface area contributed by atoms with Crippen LogP contribution in [-0.2, 0) is 14.4 Å². The van der Waals surface area contributed by atoms with Crippen LogP contribution >= 0.6 is 0 Å². The standard InChI is InChI=1S/C30H53N3O3/c1-7-9-10-11-12-15-23(5)16-13-17-24(6)30(36)33-25(14-8-2)18-20-27(33)29(35)32-26(22(3)4)19-21-28(31)34/h24-27H,3,5,7-21H2,1-2,4,6H3,(H2,31,34)(H,32,35). The van der Waals surface area contributed by atoms with Crippen LogP contribution in [0, 0.1) is 5.92 Å². The molecule has 1 fully saturated rings. The van der Waals surface area contributed by atoms with Gasteiger partial charge in [-0.15, -0.1) is 0 Å². The molecule has 4 unspecified atom stereocenters. The Kier molecular flexibility index (Phi) is 15.4. The topological polar surface area (TPSA) is 92.5 Å². The van der Waals surface area contributed by atoms with Gasteiger partial charge in [0.2, 0.25) is 17.7 Å². The Hall–Kier alpha value is -2.11. The van der Waals surface area contributed by atoms with Crippen LogP contribution in [0.15, 0.2) is 24.3 Å². The molecule has 3 amide bonds. The van der Waals surface area contributed by atoms with Crippen LogP contribution in [0.4, 0.5) is 0 Å². The highest BCUT2D eigenvalue weighted by Gasteiger charge is 2.41. The minimum Gasteiger partial charge on any atom is -0.370 e. The van der Waals surface area contributed by atoms with E-state index in [4.69, 9.17) is 5.73 Å². The summed E-state index contributed by atoms with van der Waals surface area (Å²) in [6, 6.07) is -0.685. The van der Waals surface area contributed by atoms with Crippen molar-refractivity contribution in [2.75, 3.05) is 0 Å². The second-order valence-corrected chi connectivity index (χ2v) is 10.9. The van der Waals surface area contributed by atoms with Crippen LogP contribution in [0.5, 0.6) is 0 Å². The second kappa shape index (κ2) is 17.4. The number of hydrogen-bond acceptors (Lipinski definition) is 3. The summed E-state index contributed by atoms with van der Waals surface area (Å²) in [6.45, 7) is 16.4. The zero-order valence-electron chi connectivity index (χ0n) is 23.6. The average molecular weight is 504 g/mol. The number of nitrogens with zero attached hydrogens (tertiary/aromatic N) is 1. The van der Waals surface area contributed by atoms with E-state index in [1.807, 2.05) is 18.7 Å². The zero-order valence-corrected chi connectivity index (χ0v) is 23.6. The molecule has 1 aliphatic rings. The molecule has 1 rings (SSSR count). The predicted octanol–water partition coefficient (Wildman–Crippen LogP) is 6.20. The maximum atomic E-state index is 13.6. The third kappa shape index (κ3) is 11.3. The van der Waals surface area contributed by atoms with Gasteiger partial charge in [-0.2, -0.15) is 0 Å². The van der Waals surface area contributed by atoms with E-state index in [1.54, 1.807) is 0 Å². The highest BCUT2D eigenvalue weighted by atomic mass is 16.2. The van der Waals surface area contributed by atoms with Gasteiger partial charge in [-0.3, -0.25) is 14.4 Å². The summed E-state index contributed by atoms with van der Waals surface area (Å²) in [5.74, 6) is -0.588. The summed E-state index contributed by atoms with van der Waals surface area (Å²) < 4.78 is 0. The molecule has 0 aliphatic carbocycles. The van der Waals surface area contributed by atoms with Crippen LogP contribution in [0.2, 0.25) is 0 Å². The van der Waals surface area contributed by atoms with E-state index in [-0.39, 0.29) is 36.2 Å². The van der Waals surface area contributed by atoms with Gasteiger partial charge in [0.15, 0.2) is 0 Å². The quantitative estimate of drug-likeness (QED) is 0.162. The summed E-state index contributed by atoms with van der Waals surface area (Å²) >= 11 is 0. The van der Waals surface area contributed by atoms with Gasteiger partial charge in [-0.25, -0.2) is 0 Å². The van der Waals surface area contributed by atoms with E-state index < -0.39 is 11.9 Å². The number of nitrogens with one attached hydrogen (secondary N) is 1. The van der Waals surface area contributed by atoms with Crippen LogP contribution in [0.25, 0.3) is 0 Å². The van der Waals surface area contributed by atoms with Crippen molar-refractivity contribution in [2.45, 2.75) is 142 Å². The normalized spacial score (nSPS) is 19.1. The van der Waals surface area contributed by atoms with E-state index in [0.717, 1.165) is 50.5 Å². The molecule has 1 aliphatic heterocycles. The minimum atomic E-state index is -0.468. The maximum Gasteiger partial charge on any atom is 0.243 e. The smallest absolute Gasteiger partial charge is 0.243 e. The third-order valence-electron chi connectivity index (χ3n) is 7.50. The van der Waals surface area contributed by atoms with Crippen molar-refractivity contribution in [3.8, 4) is 0 Å². The maximum absolute atomic E-state index is 13.6. The first kappa shape index (κ1) is 31.9. The lowest BCUT2D eigenvalue weighted by Crippen LogP contribution is -2.52. The van der Waals surface area contributed by atoms with Crippen LogP contribution in [0.3, 0.4) is 0 Å². The first-order valence-electron chi connectivity index (χ1n) is 14.3. The molecule has 1 saturated heterocycles. The lowest BCUT2D eigenvalue weighted by atomic mass is 9.97. The largest absolute Gasteiger partial charge is 0.370 e. The molecule has 1 heterocycles. The molecule has 0 saturated carbocycles. The summed E-state index contributed by atoms with van der Waals surface area (Å²) in [5, 5.41) is 3.04. The molecule has 36 heavy (non-hydrogen) atoms. The molecule has 6 nitrogen and oxygen atoms in total. The minimum absolute atomic E-state index is 0.0836. The van der Waals surface area contributed by atoms with Crippen LogP contribution < -0.4 is 11.1 Å². The Morgan fingerprint density at radius 3 is 2.22 bits per heavy atom. The van der Waals surface area contributed by atoms with Crippen molar-refractivity contribution in [1.29, 1.82) is 0 Å². The number of rotatable bonds is 19. The molecule has 0 aromatic rings. The molecule has 4 atom stereocenters. The van der Waals surface area contributed by atoms with Crippen molar-refractivity contribution in [3.05, 3.63) is 24.3 Å². The lowest BCUT2D eigenvalue weighted by Gasteiger charge is -2.33. The Labute approximate surface area is 220 Å². The van der Waals surface area contributed by atoms with Crippen molar-refractivity contribution < 1.29 is 14.4 Å². The number of carbonyl (C=O) groups excluding carboxylic acids is 3. The number of unbranched alkanes of at least 4 members (excludes halogenated alkanes) is 4. The molecular formula is C30H53N3O3. The van der Waals surface area contributed by atoms with Crippen LogP contribution in [0.1, 0.15) is 124 Å². The lowest BCUT2D eigenvalue weighted by molar-refractivity contribution is -0.143. The van der Waals surface area contributed by atoms with Crippen molar-refractivity contribution >= 4 is 17.7 Å². The number of nitrogens with two attached hydrogens (primary N) is 1. The number of hydrogen-bond donors (Lipinski definition) is 2. The predicted molar refractivity (Wildman–Crippen MR) is 149 cm³/mol. The highest BCUT2D eigenvalue weighted by Crippen LogP contribution is 2.31. The van der Waals surface area contributed by atoms with Crippen molar-refractivity contribution in [1.82, 2.24) is 10.2 Å². The summed E-state index contributed by atoms with van der Waals surface area (Å²) in [6.07, 6.45) is 14.2. The SMILES string of the molecule is C=C(CCCCCCC)CCCC(C)C(=O)N1C(CCC)CCC1C(=O)NC(CCC(N)=O)C(=C)C. The van der Waals surface area contributed by atoms with E-state index in [9.17, 15) is 14.4 Å². The summed E-state index contributed by atoms with van der Waals surface area (Å²) in [4.78, 5) is 40.0. The van der Waals surface area contributed by atoms with Crippen molar-refractivity contribution in [2.24, 2.45) is 11.7 Å². The molecular weight excluding hydrogens is 450 g/mol. The number of carbonyl (C=O) groups is 3. The molecule has 206 valence electrons. The first-order valence-corrected chi connectivity index (χ1v) is 14.3. The van der Waals surface area contributed by atoms with Gasteiger partial charge in [0, 0.05) is 18.4 Å². The Morgan fingerprint density at radius 1 is 0.944 bits per heavy atom. The average Bonchev–Trinajstić information content (AvgIpc) is 3.24. The number of likely N-dealkylation sites (tertiary alicyclic amines) is 1. The number of amides is 3. The number of allylic oxidation sites excluding steroid dienone is 1. The van der Waals surface area contributed by atoms with E-state index in [2.05, 4.69) is 32.3 Å². The van der Waals surface area contributed by atoms with Gasteiger partial charge in [-0.1, -0.05) is 77.2 Å². The Bertz CT molecular complexity index is 733. The Balaban J connectivity index is 2.69. The number of primary amides is 1. The monoisotopic (exact) mass is 503 g/mol. The molecule has 0 bridgehead atoms. The van der Waals surface area contributed by atoms with E-state index in [0.29, 0.717) is 12.8 Å². The fourth-order valence-electron chi connectivity index (χ4n) is 5.23.